The van der Waals surface area contributed by atoms with Crippen molar-refractivity contribution in [2.45, 2.75) is 24.3 Å². The maximum atomic E-state index is 12.7. The first-order valence-electron chi connectivity index (χ1n) is 7.14. The van der Waals surface area contributed by atoms with Gasteiger partial charge in [-0.1, -0.05) is 38.1 Å². The van der Waals surface area contributed by atoms with E-state index in [0.717, 1.165) is 23.9 Å². The molecule has 0 radical (unpaired) electrons. The van der Waals surface area contributed by atoms with E-state index in [-0.39, 0.29) is 5.91 Å². The average Bonchev–Trinajstić information content (AvgIpc) is 2.45. The van der Waals surface area contributed by atoms with Crippen LogP contribution in [0.3, 0.4) is 0 Å². The predicted molar refractivity (Wildman–Crippen MR) is 88.6 cm³/mol. The van der Waals surface area contributed by atoms with Gasteiger partial charge in [0.1, 0.15) is 11.5 Å². The van der Waals surface area contributed by atoms with Crippen LogP contribution in [0, 0.1) is 0 Å². The minimum absolute atomic E-state index is 0.0218. The van der Waals surface area contributed by atoms with Crippen molar-refractivity contribution in [3.63, 3.8) is 0 Å². The first kappa shape index (κ1) is 14.2. The van der Waals surface area contributed by atoms with Crippen LogP contribution in [-0.4, -0.2) is 39.4 Å². The van der Waals surface area contributed by atoms with Gasteiger partial charge in [-0.05, 0) is 11.5 Å². The third-order valence-corrected chi connectivity index (χ3v) is 4.92. The number of aromatic nitrogens is 1. The minimum atomic E-state index is -0.0218. The summed E-state index contributed by atoms with van der Waals surface area (Å²) in [5, 5.41) is 2.76. The molecule has 1 saturated heterocycles. The molecular weight excluding hydrogens is 282 g/mol. The molecule has 0 saturated carbocycles. The molecule has 2 heterocycles. The fourth-order valence-electron chi connectivity index (χ4n) is 2.84. The number of nitrogens with two attached hydrogens (primary N) is 1. The maximum absolute atomic E-state index is 12.7. The second-order valence-corrected chi connectivity index (χ2v) is 7.46. The molecule has 1 aliphatic heterocycles. The standard InChI is InChI=1S/C16H19N3OS/c1-10-8-19(9-11(2)21-10)16(20)14-7-12-5-3-4-6-13(12)15(17)18-14/h3-7,10-11H,8-9H2,1-2H3,(H2,17,18). The fraction of sp³-hybridized carbons (Fsp3) is 0.375. The summed E-state index contributed by atoms with van der Waals surface area (Å²) in [5.41, 5.74) is 6.44. The van der Waals surface area contributed by atoms with Gasteiger partial charge in [-0.25, -0.2) is 4.98 Å². The maximum Gasteiger partial charge on any atom is 0.272 e. The molecule has 2 aromatic rings. The normalized spacial score (nSPS) is 22.5. The smallest absolute Gasteiger partial charge is 0.272 e. The van der Waals surface area contributed by atoms with E-state index < -0.39 is 0 Å². The number of thioether (sulfide) groups is 1. The Bertz CT molecular complexity index is 678. The van der Waals surface area contributed by atoms with Crippen LogP contribution < -0.4 is 5.73 Å². The summed E-state index contributed by atoms with van der Waals surface area (Å²) in [6, 6.07) is 9.59. The Morgan fingerprint density at radius 2 is 1.95 bits per heavy atom. The zero-order valence-electron chi connectivity index (χ0n) is 12.2. The zero-order valence-corrected chi connectivity index (χ0v) is 13.1. The van der Waals surface area contributed by atoms with Crippen molar-refractivity contribution >= 4 is 34.3 Å². The summed E-state index contributed by atoms with van der Waals surface area (Å²) < 4.78 is 0. The molecule has 1 amide bonds. The lowest BCUT2D eigenvalue weighted by molar-refractivity contribution is 0.0748. The second-order valence-electron chi connectivity index (χ2n) is 5.58. The van der Waals surface area contributed by atoms with Gasteiger partial charge in [-0.3, -0.25) is 4.79 Å². The van der Waals surface area contributed by atoms with Crippen LogP contribution in [0.5, 0.6) is 0 Å². The van der Waals surface area contributed by atoms with E-state index in [1.807, 2.05) is 47.0 Å². The van der Waals surface area contributed by atoms with Crippen LogP contribution in [0.25, 0.3) is 10.8 Å². The number of nitrogens with zero attached hydrogens (tertiary/aromatic N) is 2. The quantitative estimate of drug-likeness (QED) is 0.880. The first-order chi connectivity index (χ1) is 10.0. The largest absolute Gasteiger partial charge is 0.383 e. The van der Waals surface area contributed by atoms with Crippen LogP contribution in [-0.2, 0) is 0 Å². The van der Waals surface area contributed by atoms with Crippen molar-refractivity contribution in [2.75, 3.05) is 18.8 Å². The number of pyridine rings is 1. The Hall–Kier alpha value is -1.75. The molecule has 1 aliphatic rings. The number of carbonyl (C=O) groups is 1. The van der Waals surface area contributed by atoms with Gasteiger partial charge in [0.25, 0.3) is 5.91 Å². The summed E-state index contributed by atoms with van der Waals surface area (Å²) in [5.74, 6) is 0.399. The molecule has 0 spiro atoms. The van der Waals surface area contributed by atoms with Crippen molar-refractivity contribution in [1.82, 2.24) is 9.88 Å². The van der Waals surface area contributed by atoms with Crippen molar-refractivity contribution < 1.29 is 4.79 Å². The van der Waals surface area contributed by atoms with Crippen LogP contribution in [0.1, 0.15) is 24.3 Å². The van der Waals surface area contributed by atoms with E-state index in [1.165, 1.54) is 0 Å². The SMILES string of the molecule is CC1CN(C(=O)c2cc3ccccc3c(N)n2)CC(C)S1. The number of fused-ring (bicyclic) bond motifs is 1. The average molecular weight is 301 g/mol. The van der Waals surface area contributed by atoms with Crippen molar-refractivity contribution in [3.8, 4) is 0 Å². The summed E-state index contributed by atoms with van der Waals surface area (Å²) >= 11 is 1.92. The topological polar surface area (TPSA) is 59.2 Å². The molecule has 110 valence electrons. The highest BCUT2D eigenvalue weighted by Crippen LogP contribution is 2.26. The molecule has 3 rings (SSSR count). The molecule has 2 atom stereocenters. The molecule has 2 unspecified atom stereocenters. The van der Waals surface area contributed by atoms with E-state index >= 15 is 0 Å². The Morgan fingerprint density at radius 1 is 1.29 bits per heavy atom. The highest BCUT2D eigenvalue weighted by Gasteiger charge is 2.27. The van der Waals surface area contributed by atoms with Gasteiger partial charge >= 0.3 is 0 Å². The van der Waals surface area contributed by atoms with Crippen LogP contribution in [0.15, 0.2) is 30.3 Å². The lowest BCUT2D eigenvalue weighted by Gasteiger charge is -2.34. The van der Waals surface area contributed by atoms with Gasteiger partial charge in [0, 0.05) is 29.0 Å². The number of nitrogen functional groups attached to an aromatic ring is 1. The lowest BCUT2D eigenvalue weighted by Crippen LogP contribution is -2.44. The number of rotatable bonds is 1. The number of amides is 1. The summed E-state index contributed by atoms with van der Waals surface area (Å²) in [6.45, 7) is 5.84. The molecule has 5 heteroatoms. The van der Waals surface area contributed by atoms with Gasteiger partial charge in [-0.2, -0.15) is 11.8 Å². The van der Waals surface area contributed by atoms with Crippen LogP contribution >= 0.6 is 11.8 Å². The Morgan fingerprint density at radius 3 is 2.67 bits per heavy atom. The van der Waals surface area contributed by atoms with Gasteiger partial charge < -0.3 is 10.6 Å². The van der Waals surface area contributed by atoms with Crippen LogP contribution in [0.2, 0.25) is 0 Å². The molecule has 0 aliphatic carbocycles. The van der Waals surface area contributed by atoms with Gasteiger partial charge in [0.05, 0.1) is 0 Å². The minimum Gasteiger partial charge on any atom is -0.383 e. The second kappa shape index (κ2) is 5.56. The molecule has 4 nitrogen and oxygen atoms in total. The molecule has 0 bridgehead atoms. The number of hydrogen-bond donors (Lipinski definition) is 1. The highest BCUT2D eigenvalue weighted by atomic mass is 32.2. The Kier molecular flexibility index (Phi) is 3.76. The summed E-state index contributed by atoms with van der Waals surface area (Å²) in [7, 11) is 0. The molecule has 1 fully saturated rings. The van der Waals surface area contributed by atoms with Crippen molar-refractivity contribution in [1.29, 1.82) is 0 Å². The highest BCUT2D eigenvalue weighted by molar-refractivity contribution is 8.00. The van der Waals surface area contributed by atoms with Gasteiger partial charge in [0.15, 0.2) is 0 Å². The monoisotopic (exact) mass is 301 g/mol. The fourth-order valence-corrected chi connectivity index (χ4v) is 4.17. The number of hydrogen-bond acceptors (Lipinski definition) is 4. The molecule has 1 aromatic heterocycles. The Labute approximate surface area is 128 Å². The van der Waals surface area contributed by atoms with Crippen LogP contribution in [0.4, 0.5) is 5.82 Å². The summed E-state index contributed by atoms with van der Waals surface area (Å²) in [6.07, 6.45) is 0. The number of carbonyl (C=O) groups excluding carboxylic acids is 1. The van der Waals surface area contributed by atoms with Gasteiger partial charge in [-0.15, -0.1) is 0 Å². The van der Waals surface area contributed by atoms with Gasteiger partial charge in [0.2, 0.25) is 0 Å². The van der Waals surface area contributed by atoms with Crippen molar-refractivity contribution in [2.24, 2.45) is 0 Å². The van der Waals surface area contributed by atoms with E-state index in [2.05, 4.69) is 18.8 Å². The number of benzene rings is 1. The molecule has 1 aromatic carbocycles. The number of anilines is 1. The van der Waals surface area contributed by atoms with E-state index in [0.29, 0.717) is 22.0 Å². The van der Waals surface area contributed by atoms with E-state index in [4.69, 9.17) is 5.73 Å². The first-order valence-corrected chi connectivity index (χ1v) is 8.09. The summed E-state index contributed by atoms with van der Waals surface area (Å²) in [4.78, 5) is 18.9. The van der Waals surface area contributed by atoms with Crippen molar-refractivity contribution in [3.05, 3.63) is 36.0 Å². The van der Waals surface area contributed by atoms with E-state index in [9.17, 15) is 4.79 Å². The van der Waals surface area contributed by atoms with E-state index in [1.54, 1.807) is 0 Å². The third kappa shape index (κ3) is 2.83. The molecule has 2 N–H and O–H groups in total. The predicted octanol–water partition coefficient (Wildman–Crippen LogP) is 2.78. The zero-order chi connectivity index (χ0) is 15.0. The molecular formula is C16H19N3OS. The lowest BCUT2D eigenvalue weighted by atomic mass is 10.1. The Balaban J connectivity index is 1.94. The molecule has 21 heavy (non-hydrogen) atoms. The third-order valence-electron chi connectivity index (χ3n) is 3.70.